The third-order valence-electron chi connectivity index (χ3n) is 5.83. The number of carbonyl (C=O) groups is 1. The van der Waals surface area contributed by atoms with Gasteiger partial charge in [0, 0.05) is 6.20 Å². The Morgan fingerprint density at radius 3 is 2.34 bits per heavy atom. The SMILES string of the molecule is CCCCCCCCCc1cnc(C(=O)O)cc1-c1ccccc1C[C@@H](C)CC. The molecule has 3 nitrogen and oxygen atoms in total. The predicted molar refractivity (Wildman–Crippen MR) is 121 cm³/mol. The van der Waals surface area contributed by atoms with Crippen LogP contribution < -0.4 is 0 Å². The Morgan fingerprint density at radius 2 is 1.66 bits per heavy atom. The van der Waals surface area contributed by atoms with Gasteiger partial charge in [0.25, 0.3) is 0 Å². The van der Waals surface area contributed by atoms with Crippen molar-refractivity contribution in [3.63, 3.8) is 0 Å². The zero-order chi connectivity index (χ0) is 21.1. The highest BCUT2D eigenvalue weighted by Crippen LogP contribution is 2.30. The second-order valence-corrected chi connectivity index (χ2v) is 8.28. The van der Waals surface area contributed by atoms with Gasteiger partial charge < -0.3 is 5.11 Å². The number of hydrogen-bond donors (Lipinski definition) is 1. The molecular weight excluding hydrogens is 358 g/mol. The summed E-state index contributed by atoms with van der Waals surface area (Å²) in [5.41, 5.74) is 4.80. The highest BCUT2D eigenvalue weighted by atomic mass is 16.4. The first-order valence-electron chi connectivity index (χ1n) is 11.4. The third kappa shape index (κ3) is 7.30. The molecular formula is C26H37NO2. The number of carboxylic acids is 1. The largest absolute Gasteiger partial charge is 0.477 e. The summed E-state index contributed by atoms with van der Waals surface area (Å²) >= 11 is 0. The molecule has 0 saturated heterocycles. The van der Waals surface area contributed by atoms with Crippen LogP contribution in [0.5, 0.6) is 0 Å². The van der Waals surface area contributed by atoms with Crippen molar-refractivity contribution in [3.8, 4) is 11.1 Å². The molecule has 0 fully saturated rings. The minimum absolute atomic E-state index is 0.127. The van der Waals surface area contributed by atoms with Crippen LogP contribution in [0.25, 0.3) is 11.1 Å². The van der Waals surface area contributed by atoms with Crippen molar-refractivity contribution in [2.75, 3.05) is 0 Å². The van der Waals surface area contributed by atoms with E-state index < -0.39 is 5.97 Å². The van der Waals surface area contributed by atoms with E-state index in [1.165, 1.54) is 49.7 Å². The zero-order valence-corrected chi connectivity index (χ0v) is 18.4. The second kappa shape index (κ2) is 12.4. The number of rotatable bonds is 13. The van der Waals surface area contributed by atoms with Gasteiger partial charge in [-0.2, -0.15) is 0 Å². The van der Waals surface area contributed by atoms with E-state index in [-0.39, 0.29) is 5.69 Å². The number of aryl methyl sites for hydroxylation is 1. The van der Waals surface area contributed by atoms with Gasteiger partial charge in [-0.15, -0.1) is 0 Å². The van der Waals surface area contributed by atoms with E-state index in [9.17, 15) is 9.90 Å². The molecule has 0 aliphatic carbocycles. The van der Waals surface area contributed by atoms with Gasteiger partial charge in [-0.05, 0) is 53.5 Å². The molecule has 1 aromatic carbocycles. The van der Waals surface area contributed by atoms with E-state index in [1.807, 2.05) is 6.07 Å². The van der Waals surface area contributed by atoms with E-state index in [4.69, 9.17) is 0 Å². The van der Waals surface area contributed by atoms with Crippen molar-refractivity contribution in [3.05, 3.63) is 53.3 Å². The fourth-order valence-electron chi connectivity index (χ4n) is 3.80. The molecule has 0 radical (unpaired) electrons. The van der Waals surface area contributed by atoms with Gasteiger partial charge in [-0.3, -0.25) is 0 Å². The molecule has 1 heterocycles. The van der Waals surface area contributed by atoms with Crippen LogP contribution in [0.1, 0.15) is 93.8 Å². The summed E-state index contributed by atoms with van der Waals surface area (Å²) in [6, 6.07) is 10.2. The van der Waals surface area contributed by atoms with Crippen LogP contribution in [0.2, 0.25) is 0 Å². The highest BCUT2D eigenvalue weighted by molar-refractivity contribution is 5.88. The van der Waals surface area contributed by atoms with Gasteiger partial charge in [0.15, 0.2) is 0 Å². The number of unbranched alkanes of at least 4 members (excludes halogenated alkanes) is 6. The lowest BCUT2D eigenvalue weighted by Gasteiger charge is -2.17. The topological polar surface area (TPSA) is 50.2 Å². The monoisotopic (exact) mass is 395 g/mol. The lowest BCUT2D eigenvalue weighted by atomic mass is 9.89. The van der Waals surface area contributed by atoms with Crippen LogP contribution in [0, 0.1) is 5.92 Å². The molecule has 2 rings (SSSR count). The molecule has 1 N–H and O–H groups in total. The van der Waals surface area contributed by atoms with Crippen LogP contribution in [-0.4, -0.2) is 16.1 Å². The Bertz CT molecular complexity index is 769. The number of aromatic nitrogens is 1. The first-order valence-corrected chi connectivity index (χ1v) is 11.4. The summed E-state index contributed by atoms with van der Waals surface area (Å²) in [6.45, 7) is 6.73. The van der Waals surface area contributed by atoms with Crippen LogP contribution in [0.15, 0.2) is 36.5 Å². The quantitative estimate of drug-likeness (QED) is 0.361. The molecule has 0 bridgehead atoms. The summed E-state index contributed by atoms with van der Waals surface area (Å²) in [7, 11) is 0. The van der Waals surface area contributed by atoms with Gasteiger partial charge in [0.05, 0.1) is 0 Å². The van der Waals surface area contributed by atoms with E-state index in [2.05, 4.69) is 44.0 Å². The number of aromatic carboxylic acids is 1. The van der Waals surface area contributed by atoms with Crippen molar-refractivity contribution in [1.29, 1.82) is 0 Å². The molecule has 0 spiro atoms. The Hall–Kier alpha value is -2.16. The van der Waals surface area contributed by atoms with Crippen molar-refractivity contribution < 1.29 is 9.90 Å². The Balaban J connectivity index is 2.21. The number of hydrogen-bond acceptors (Lipinski definition) is 2. The molecule has 2 aromatic rings. The minimum atomic E-state index is -0.965. The number of pyridine rings is 1. The van der Waals surface area contributed by atoms with Gasteiger partial charge in [-0.1, -0.05) is 90.0 Å². The lowest BCUT2D eigenvalue weighted by Crippen LogP contribution is -2.05. The molecule has 0 aliphatic rings. The normalized spacial score (nSPS) is 12.1. The van der Waals surface area contributed by atoms with E-state index in [0.717, 1.165) is 36.8 Å². The first-order chi connectivity index (χ1) is 14.1. The molecule has 0 amide bonds. The van der Waals surface area contributed by atoms with Gasteiger partial charge in [0.1, 0.15) is 5.69 Å². The fraction of sp³-hybridized carbons (Fsp3) is 0.538. The Kier molecular flexibility index (Phi) is 9.90. The number of nitrogens with zero attached hydrogens (tertiary/aromatic N) is 1. The average molecular weight is 396 g/mol. The molecule has 0 saturated carbocycles. The van der Waals surface area contributed by atoms with Crippen LogP contribution >= 0.6 is 0 Å². The maximum atomic E-state index is 11.5. The summed E-state index contributed by atoms with van der Waals surface area (Å²) in [5, 5.41) is 9.45. The van der Waals surface area contributed by atoms with Crippen molar-refractivity contribution in [2.45, 2.75) is 85.0 Å². The molecule has 1 aromatic heterocycles. The van der Waals surface area contributed by atoms with E-state index >= 15 is 0 Å². The molecule has 0 aliphatic heterocycles. The van der Waals surface area contributed by atoms with Gasteiger partial charge in [-0.25, -0.2) is 9.78 Å². The highest BCUT2D eigenvalue weighted by Gasteiger charge is 2.15. The van der Waals surface area contributed by atoms with Crippen LogP contribution in [0.3, 0.4) is 0 Å². The van der Waals surface area contributed by atoms with Crippen molar-refractivity contribution in [1.82, 2.24) is 4.98 Å². The van der Waals surface area contributed by atoms with Crippen LogP contribution in [-0.2, 0) is 12.8 Å². The Morgan fingerprint density at radius 1 is 0.966 bits per heavy atom. The van der Waals surface area contributed by atoms with Crippen molar-refractivity contribution in [2.24, 2.45) is 5.92 Å². The first kappa shape index (κ1) is 23.1. The van der Waals surface area contributed by atoms with E-state index in [1.54, 1.807) is 12.3 Å². The maximum Gasteiger partial charge on any atom is 0.354 e. The molecule has 1 atom stereocenters. The van der Waals surface area contributed by atoms with Gasteiger partial charge >= 0.3 is 5.97 Å². The summed E-state index contributed by atoms with van der Waals surface area (Å²) in [6.07, 6.45) is 13.8. The Labute approximate surface area is 176 Å². The van der Waals surface area contributed by atoms with Crippen molar-refractivity contribution >= 4 is 5.97 Å². The van der Waals surface area contributed by atoms with E-state index in [0.29, 0.717) is 5.92 Å². The fourth-order valence-corrected chi connectivity index (χ4v) is 3.80. The standard InChI is InChI=1S/C26H37NO2/c1-4-6-7-8-9-10-11-15-22-19-27-25(26(28)29)18-24(22)23-16-13-12-14-21(23)17-20(3)5-2/h12-14,16,18-20H,4-11,15,17H2,1-3H3,(H,28,29)/t20-/m0/s1. The minimum Gasteiger partial charge on any atom is -0.477 e. The molecule has 158 valence electrons. The molecule has 29 heavy (non-hydrogen) atoms. The molecule has 3 heteroatoms. The van der Waals surface area contributed by atoms with Crippen LogP contribution in [0.4, 0.5) is 0 Å². The van der Waals surface area contributed by atoms with Gasteiger partial charge in [0.2, 0.25) is 0 Å². The smallest absolute Gasteiger partial charge is 0.354 e. The average Bonchev–Trinajstić information content (AvgIpc) is 2.73. The molecule has 0 unspecified atom stereocenters. The third-order valence-corrected chi connectivity index (χ3v) is 5.83. The maximum absolute atomic E-state index is 11.5. The number of carboxylic acid groups (broad SMARTS) is 1. The lowest BCUT2D eigenvalue weighted by molar-refractivity contribution is 0.0690. The second-order valence-electron chi connectivity index (χ2n) is 8.28. The summed E-state index contributed by atoms with van der Waals surface area (Å²) in [5.74, 6) is -0.364. The number of benzene rings is 1. The summed E-state index contributed by atoms with van der Waals surface area (Å²) in [4.78, 5) is 15.7. The predicted octanol–water partition coefficient (Wildman–Crippen LogP) is 7.33. The zero-order valence-electron chi connectivity index (χ0n) is 18.4. The summed E-state index contributed by atoms with van der Waals surface area (Å²) < 4.78 is 0.